The third-order valence-electron chi connectivity index (χ3n) is 4.40. The van der Waals surface area contributed by atoms with Crippen LogP contribution >= 0.6 is 11.3 Å². The second-order valence-corrected chi connectivity index (χ2v) is 7.63. The van der Waals surface area contributed by atoms with Crippen LogP contribution in [0.3, 0.4) is 0 Å². The van der Waals surface area contributed by atoms with Crippen LogP contribution < -0.4 is 10.1 Å². The molecule has 0 saturated carbocycles. The topological polar surface area (TPSA) is 51.2 Å². The van der Waals surface area contributed by atoms with Crippen LogP contribution in [-0.2, 0) is 11.2 Å². The lowest BCUT2D eigenvalue weighted by molar-refractivity contribution is -0.115. The molecule has 0 aliphatic carbocycles. The number of allylic oxidation sites excluding steroid dienone is 2. The Labute approximate surface area is 174 Å². The van der Waals surface area contributed by atoms with Crippen molar-refractivity contribution in [2.45, 2.75) is 39.0 Å². The molecule has 29 heavy (non-hydrogen) atoms. The number of anilines is 1. The molecule has 4 nitrogen and oxygen atoms in total. The highest BCUT2D eigenvalue weighted by Crippen LogP contribution is 2.24. The summed E-state index contributed by atoms with van der Waals surface area (Å²) in [6.07, 6.45) is 8.19. The minimum absolute atomic E-state index is 0.0521. The highest BCUT2D eigenvalue weighted by Gasteiger charge is 2.13. The number of fused-ring (bicyclic) bond motifs is 1. The molecular formula is C23H25FN2O2S. The number of benzene rings is 2. The van der Waals surface area contributed by atoms with Gasteiger partial charge >= 0.3 is 0 Å². The number of nitrogens with zero attached hydrogens (tertiary/aromatic N) is 1. The van der Waals surface area contributed by atoms with Crippen LogP contribution in [0.15, 0.2) is 54.1 Å². The summed E-state index contributed by atoms with van der Waals surface area (Å²) in [6.45, 7) is 2.58. The van der Waals surface area contributed by atoms with Crippen LogP contribution in [-0.4, -0.2) is 17.5 Å². The molecule has 0 atom stereocenters. The number of ether oxygens (including phenoxy) is 1. The van der Waals surface area contributed by atoms with Gasteiger partial charge in [-0.25, -0.2) is 9.37 Å². The lowest BCUT2D eigenvalue weighted by Gasteiger charge is -2.10. The van der Waals surface area contributed by atoms with Gasteiger partial charge in [-0.15, -0.1) is 11.3 Å². The van der Waals surface area contributed by atoms with Gasteiger partial charge in [0.05, 0.1) is 28.8 Å². The van der Waals surface area contributed by atoms with Crippen molar-refractivity contribution in [3.8, 4) is 5.75 Å². The average molecular weight is 413 g/mol. The van der Waals surface area contributed by atoms with Crippen molar-refractivity contribution in [1.82, 2.24) is 4.98 Å². The van der Waals surface area contributed by atoms with E-state index < -0.39 is 5.82 Å². The van der Waals surface area contributed by atoms with Gasteiger partial charge in [-0.1, -0.05) is 37.6 Å². The molecule has 0 aliphatic rings. The summed E-state index contributed by atoms with van der Waals surface area (Å²) in [5.74, 6) is -0.549. The minimum Gasteiger partial charge on any atom is -0.490 e. The first kappa shape index (κ1) is 21.0. The van der Waals surface area contributed by atoms with Gasteiger partial charge in [0, 0.05) is 11.3 Å². The fraction of sp³-hybridized carbons (Fsp3) is 0.304. The van der Waals surface area contributed by atoms with Gasteiger partial charge in [0.25, 0.3) is 0 Å². The van der Waals surface area contributed by atoms with Crippen LogP contribution in [0.4, 0.5) is 10.1 Å². The van der Waals surface area contributed by atoms with E-state index in [4.69, 9.17) is 4.74 Å². The normalized spacial score (nSPS) is 11.2. The number of rotatable bonds is 10. The molecule has 0 saturated heterocycles. The number of thiazole rings is 1. The third kappa shape index (κ3) is 6.12. The molecule has 0 radical (unpaired) electrons. The zero-order valence-electron chi connectivity index (χ0n) is 16.5. The van der Waals surface area contributed by atoms with Crippen molar-refractivity contribution in [2.24, 2.45) is 0 Å². The molecule has 1 amide bonds. The number of amides is 1. The molecule has 152 valence electrons. The van der Waals surface area contributed by atoms with Crippen molar-refractivity contribution in [3.63, 3.8) is 0 Å². The highest BCUT2D eigenvalue weighted by molar-refractivity contribution is 7.16. The number of carbonyl (C=O) groups is 1. The molecular weight excluding hydrogens is 387 g/mol. The van der Waals surface area contributed by atoms with Crippen LogP contribution in [0.25, 0.3) is 10.2 Å². The van der Waals surface area contributed by atoms with Gasteiger partial charge in [0.2, 0.25) is 5.91 Å². The second-order valence-electron chi connectivity index (χ2n) is 6.74. The Balaban J connectivity index is 1.53. The van der Waals surface area contributed by atoms with Gasteiger partial charge in [0.1, 0.15) is 0 Å². The van der Waals surface area contributed by atoms with Crippen molar-refractivity contribution in [1.29, 1.82) is 0 Å². The zero-order chi connectivity index (χ0) is 20.5. The lowest BCUT2D eigenvalue weighted by atomic mass is 10.1. The van der Waals surface area contributed by atoms with Crippen molar-refractivity contribution in [2.75, 3.05) is 11.9 Å². The molecule has 0 unspecified atom stereocenters. The first-order valence-electron chi connectivity index (χ1n) is 9.85. The lowest BCUT2D eigenvalue weighted by Crippen LogP contribution is -2.15. The van der Waals surface area contributed by atoms with E-state index in [9.17, 15) is 9.18 Å². The number of halogens is 1. The number of nitrogens with one attached hydrogen (secondary N) is 1. The molecule has 3 rings (SSSR count). The van der Waals surface area contributed by atoms with Crippen molar-refractivity contribution >= 4 is 33.1 Å². The predicted octanol–water partition coefficient (Wildman–Crippen LogP) is 6.13. The SMILES string of the molecule is CCCC=CCCCOc1cccc(CC(=O)Nc2ccc3ncsc3c2)c1F. The van der Waals surface area contributed by atoms with E-state index in [1.165, 1.54) is 11.3 Å². The molecule has 1 aromatic heterocycles. The number of hydrogen-bond acceptors (Lipinski definition) is 4. The fourth-order valence-corrected chi connectivity index (χ4v) is 3.62. The Morgan fingerprint density at radius 2 is 2.10 bits per heavy atom. The monoisotopic (exact) mass is 412 g/mol. The molecule has 2 aromatic carbocycles. The van der Waals surface area contributed by atoms with E-state index in [-0.39, 0.29) is 18.1 Å². The molecule has 0 bridgehead atoms. The summed E-state index contributed by atoms with van der Waals surface area (Å²) in [5, 5.41) is 2.82. The Kier molecular flexibility index (Phi) is 7.76. The predicted molar refractivity (Wildman–Crippen MR) is 117 cm³/mol. The van der Waals surface area contributed by atoms with E-state index in [1.54, 1.807) is 29.8 Å². The molecule has 0 spiro atoms. The smallest absolute Gasteiger partial charge is 0.228 e. The Morgan fingerprint density at radius 1 is 1.24 bits per heavy atom. The first-order valence-corrected chi connectivity index (χ1v) is 10.7. The number of carbonyl (C=O) groups excluding carboxylic acids is 1. The highest BCUT2D eigenvalue weighted by atomic mass is 32.1. The van der Waals surface area contributed by atoms with E-state index in [0.29, 0.717) is 17.9 Å². The van der Waals surface area contributed by atoms with E-state index in [1.807, 2.05) is 12.1 Å². The summed E-state index contributed by atoms with van der Waals surface area (Å²) < 4.78 is 21.3. The first-order chi connectivity index (χ1) is 14.2. The summed E-state index contributed by atoms with van der Waals surface area (Å²) >= 11 is 1.51. The summed E-state index contributed by atoms with van der Waals surface area (Å²) in [5.41, 5.74) is 3.65. The second kappa shape index (κ2) is 10.7. The third-order valence-corrected chi connectivity index (χ3v) is 5.20. The Bertz CT molecular complexity index is 984. The maximum atomic E-state index is 14.7. The minimum atomic E-state index is -0.470. The van der Waals surface area contributed by atoms with Crippen LogP contribution in [0.5, 0.6) is 5.75 Å². The van der Waals surface area contributed by atoms with Gasteiger partial charge in [-0.2, -0.15) is 0 Å². The van der Waals surface area contributed by atoms with Gasteiger partial charge in [-0.3, -0.25) is 4.79 Å². The zero-order valence-corrected chi connectivity index (χ0v) is 17.3. The van der Waals surface area contributed by atoms with E-state index >= 15 is 0 Å². The number of unbranched alkanes of at least 4 members (excludes halogenated alkanes) is 2. The quantitative estimate of drug-likeness (QED) is 0.322. The molecule has 0 fully saturated rings. The van der Waals surface area contributed by atoms with E-state index in [2.05, 4.69) is 29.4 Å². The van der Waals surface area contributed by atoms with Gasteiger partial charge < -0.3 is 10.1 Å². The largest absolute Gasteiger partial charge is 0.490 e. The van der Waals surface area contributed by atoms with Crippen LogP contribution in [0.1, 0.15) is 38.2 Å². The molecule has 1 N–H and O–H groups in total. The molecule has 6 heteroatoms. The standard InChI is InChI=1S/C23H25FN2O2S/c1-2-3-4-5-6-7-13-28-20-10-8-9-17(23(20)24)14-22(27)26-18-11-12-19-21(15-18)29-16-25-19/h4-5,8-12,15-16H,2-3,6-7,13-14H2,1H3,(H,26,27). The molecule has 3 aromatic rings. The van der Waals surface area contributed by atoms with E-state index in [0.717, 1.165) is 35.9 Å². The summed E-state index contributed by atoms with van der Waals surface area (Å²) in [6, 6.07) is 10.4. The summed E-state index contributed by atoms with van der Waals surface area (Å²) in [7, 11) is 0. The summed E-state index contributed by atoms with van der Waals surface area (Å²) in [4.78, 5) is 16.6. The Morgan fingerprint density at radius 3 is 2.97 bits per heavy atom. The van der Waals surface area contributed by atoms with Crippen molar-refractivity contribution < 1.29 is 13.9 Å². The van der Waals surface area contributed by atoms with Gasteiger partial charge in [-0.05, 0) is 43.5 Å². The maximum absolute atomic E-state index is 14.7. The molecule has 0 aliphatic heterocycles. The van der Waals surface area contributed by atoms with Crippen LogP contribution in [0.2, 0.25) is 0 Å². The fourth-order valence-electron chi connectivity index (χ4n) is 2.90. The average Bonchev–Trinajstić information content (AvgIpc) is 3.17. The van der Waals surface area contributed by atoms with Gasteiger partial charge in [0.15, 0.2) is 11.6 Å². The maximum Gasteiger partial charge on any atom is 0.228 e. The van der Waals surface area contributed by atoms with Crippen molar-refractivity contribution in [3.05, 3.63) is 65.4 Å². The molecule has 1 heterocycles. The Hall–Kier alpha value is -2.73. The number of aromatic nitrogens is 1. The number of hydrogen-bond donors (Lipinski definition) is 1. The van der Waals surface area contributed by atoms with Crippen LogP contribution in [0, 0.1) is 5.82 Å².